The summed E-state index contributed by atoms with van der Waals surface area (Å²) >= 11 is 7.21. The summed E-state index contributed by atoms with van der Waals surface area (Å²) in [6.45, 7) is 11.7. The summed E-state index contributed by atoms with van der Waals surface area (Å²) in [5.41, 5.74) is 7.48. The second-order valence-corrected chi connectivity index (χ2v) is 32.9. The fraction of sp³-hybridized carbons (Fsp3) is 0.542. The molecule has 11 bridgehead atoms. The molecule has 7 amide bonds. The summed E-state index contributed by atoms with van der Waals surface area (Å²) in [7, 11) is 1.49. The zero-order valence-electron chi connectivity index (χ0n) is 67.6. The minimum Gasteiger partial charge on any atom is -0.508 e. The molecule has 37 heteroatoms. The first-order valence-electron chi connectivity index (χ1n) is 40.2. The van der Waals surface area contributed by atoms with Gasteiger partial charge in [-0.3, -0.25) is 33.6 Å². The third-order valence-corrected chi connectivity index (χ3v) is 22.9. The SMILES string of the molecule is CCCCCCCCCCN[C@@]1(C)C[C@H](O[C@H]2C(Oc3c4cc5cc3Oc3ccc(cc3Cl)[C@@H](O)[C@@H](NC(=O)[C@@H](CC(C)C)NC)C(=O)N[C@@H](CC(N)=O)C(=O)N[C@H]5C(=O)N[C@H]3C(=O)N[C@H](C(=O)N[C@H](C(=O)O)c5cc(O)cc(O)c5-c5cc3ccc5O)[C@H](O[C@H]3C[C@](C)(N)[C@@H](O)[C@H](C)O3)c3ccc(cc3)O4)O[C@H](CO)[C@@H](O)[C@@H]2O)O[C@@H](C)[C@@H]1O. The van der Waals surface area contributed by atoms with Gasteiger partial charge in [0.1, 0.15) is 89.5 Å². The van der Waals surface area contributed by atoms with E-state index in [1.54, 1.807) is 13.8 Å². The molecule has 120 heavy (non-hydrogen) atoms. The van der Waals surface area contributed by atoms with Crippen LogP contribution < -0.4 is 68.2 Å². The molecule has 0 aliphatic carbocycles. The average Bonchev–Trinajstić information content (AvgIpc) is 0.793. The van der Waals surface area contributed by atoms with Crippen LogP contribution in [0.1, 0.15) is 184 Å². The van der Waals surface area contributed by atoms with Crippen LogP contribution in [-0.2, 0) is 62.0 Å². The number of nitrogens with two attached hydrogens (primary N) is 2. The molecule has 5 aromatic rings. The lowest BCUT2D eigenvalue weighted by Crippen LogP contribution is -2.65. The first kappa shape index (κ1) is 91.1. The molecule has 3 fully saturated rings. The molecule has 8 heterocycles. The van der Waals surface area contributed by atoms with Crippen LogP contribution in [0.3, 0.4) is 0 Å². The fourth-order valence-electron chi connectivity index (χ4n) is 16.0. The summed E-state index contributed by atoms with van der Waals surface area (Å²) in [5, 5.41) is 138. The number of phenolic OH excluding ortho intramolecular Hbond substituents is 3. The quantitative estimate of drug-likeness (QED) is 0.0372. The summed E-state index contributed by atoms with van der Waals surface area (Å²) in [6, 6.07) is 1.80. The van der Waals surface area contributed by atoms with Gasteiger partial charge in [0.25, 0.3) is 0 Å². The molecule has 8 aliphatic heterocycles. The molecule has 13 rings (SSSR count). The molecule has 0 aromatic heterocycles. The lowest BCUT2D eigenvalue weighted by Gasteiger charge is -2.48. The summed E-state index contributed by atoms with van der Waals surface area (Å²) in [4.78, 5) is 120. The van der Waals surface area contributed by atoms with E-state index in [1.165, 1.54) is 63.4 Å². The largest absolute Gasteiger partial charge is 0.508 e. The van der Waals surface area contributed by atoms with Gasteiger partial charge in [-0.1, -0.05) is 102 Å². The van der Waals surface area contributed by atoms with Crippen molar-refractivity contribution in [3.63, 3.8) is 0 Å². The Kier molecular flexibility index (Phi) is 29.7. The Bertz CT molecular complexity index is 4550. The van der Waals surface area contributed by atoms with Crippen molar-refractivity contribution in [2.24, 2.45) is 17.4 Å². The van der Waals surface area contributed by atoms with Gasteiger partial charge in [-0.2, -0.15) is 0 Å². The Balaban J connectivity index is 1.14. The van der Waals surface area contributed by atoms with Crippen LogP contribution in [0.2, 0.25) is 5.02 Å². The van der Waals surface area contributed by atoms with E-state index >= 15 is 24.0 Å². The van der Waals surface area contributed by atoms with Crippen molar-refractivity contribution in [1.29, 1.82) is 0 Å². The minimum absolute atomic E-state index is 0.0319. The van der Waals surface area contributed by atoms with Crippen molar-refractivity contribution in [2.45, 2.75) is 259 Å². The minimum atomic E-state index is -2.34. The van der Waals surface area contributed by atoms with Crippen molar-refractivity contribution in [1.82, 2.24) is 42.5 Å². The number of hydrogen-bond acceptors (Lipinski definition) is 28. The second-order valence-electron chi connectivity index (χ2n) is 32.4. The first-order chi connectivity index (χ1) is 56.9. The third-order valence-electron chi connectivity index (χ3n) is 22.6. The number of aliphatic carboxylic acids is 1. The van der Waals surface area contributed by atoms with Gasteiger partial charge in [0.05, 0.1) is 48.5 Å². The van der Waals surface area contributed by atoms with Crippen LogP contribution in [0.5, 0.6) is 46.0 Å². The first-order valence-corrected chi connectivity index (χ1v) is 40.6. The van der Waals surface area contributed by atoms with Crippen LogP contribution in [0.4, 0.5) is 0 Å². The monoisotopic (exact) mass is 1700 g/mol. The Labute approximate surface area is 696 Å². The van der Waals surface area contributed by atoms with Crippen LogP contribution >= 0.6 is 11.6 Å². The number of ether oxygens (including phenoxy) is 8. The highest BCUT2D eigenvalue weighted by Gasteiger charge is 2.53. The highest BCUT2D eigenvalue weighted by atomic mass is 35.5. The third kappa shape index (κ3) is 20.9. The molecule has 36 nitrogen and oxygen atoms in total. The molecule has 22 atom stereocenters. The lowest BCUT2D eigenvalue weighted by atomic mass is 9.84. The number of aliphatic hydroxyl groups excluding tert-OH is 6. The maximum Gasteiger partial charge on any atom is 0.330 e. The maximum atomic E-state index is 16.5. The second kappa shape index (κ2) is 39.1. The number of amides is 7. The Morgan fingerprint density at radius 1 is 0.667 bits per heavy atom. The van der Waals surface area contributed by atoms with Crippen LogP contribution in [0, 0.1) is 5.92 Å². The Hall–Kier alpha value is -9.61. The molecule has 654 valence electrons. The smallest absolute Gasteiger partial charge is 0.330 e. The molecule has 22 N–H and O–H groups in total. The molecular weight excluding hydrogens is 1590 g/mol. The van der Waals surface area contributed by atoms with Crippen molar-refractivity contribution in [3.05, 3.63) is 118 Å². The van der Waals surface area contributed by atoms with E-state index in [-0.39, 0.29) is 58.4 Å². The number of aliphatic hydroxyl groups is 6. The van der Waals surface area contributed by atoms with Gasteiger partial charge >= 0.3 is 5.97 Å². The molecule has 8 aliphatic rings. The van der Waals surface area contributed by atoms with Crippen molar-refractivity contribution < 1.29 is 127 Å². The number of carbonyl (C=O) groups is 8. The number of fused-ring (bicyclic) bond motifs is 15. The van der Waals surface area contributed by atoms with E-state index in [0.29, 0.717) is 6.54 Å². The summed E-state index contributed by atoms with van der Waals surface area (Å²) in [6.07, 6.45) is -13.5. The van der Waals surface area contributed by atoms with Gasteiger partial charge in [0.2, 0.25) is 53.4 Å². The van der Waals surface area contributed by atoms with E-state index in [1.807, 2.05) is 13.8 Å². The highest BCUT2D eigenvalue weighted by molar-refractivity contribution is 6.32. The average molecular weight is 1700 g/mol. The Morgan fingerprint density at radius 3 is 1.93 bits per heavy atom. The number of primary amides is 1. The number of likely N-dealkylation sites (N-methyl/N-ethyl adjacent to an activating group) is 1. The fourth-order valence-corrected chi connectivity index (χ4v) is 16.2. The predicted molar refractivity (Wildman–Crippen MR) is 427 cm³/mol. The molecule has 0 saturated carbocycles. The van der Waals surface area contributed by atoms with E-state index in [4.69, 9.17) is 61.0 Å². The zero-order chi connectivity index (χ0) is 87.1. The van der Waals surface area contributed by atoms with Crippen molar-refractivity contribution in [3.8, 4) is 57.1 Å². The zero-order valence-corrected chi connectivity index (χ0v) is 68.4. The number of carboxylic acid groups (broad SMARTS) is 1. The summed E-state index contributed by atoms with van der Waals surface area (Å²) in [5.74, 6) is -15.3. The molecule has 0 radical (unpaired) electrons. The van der Waals surface area contributed by atoms with Crippen LogP contribution in [-0.4, -0.2) is 222 Å². The number of aromatic hydroxyl groups is 3. The van der Waals surface area contributed by atoms with E-state index in [0.717, 1.165) is 93.8 Å². The molecule has 1 unspecified atom stereocenters. The van der Waals surface area contributed by atoms with Gasteiger partial charge in [0.15, 0.2) is 36.2 Å². The molecular formula is C83H109ClN10O26. The number of unbranched alkanes of at least 4 members (excludes halogenated alkanes) is 7. The molecule has 3 saturated heterocycles. The topological polar surface area (TPSA) is 561 Å². The van der Waals surface area contributed by atoms with Gasteiger partial charge in [0, 0.05) is 46.7 Å². The lowest BCUT2D eigenvalue weighted by molar-refractivity contribution is -0.334. The number of nitrogens with one attached hydrogen (secondary N) is 8. The number of benzene rings is 5. The van der Waals surface area contributed by atoms with Gasteiger partial charge < -0.3 is 143 Å². The number of rotatable bonds is 25. The van der Waals surface area contributed by atoms with E-state index in [2.05, 4.69) is 49.5 Å². The Morgan fingerprint density at radius 2 is 1.29 bits per heavy atom. The van der Waals surface area contributed by atoms with Crippen LogP contribution in [0.25, 0.3) is 11.1 Å². The predicted octanol–water partition coefficient (Wildman–Crippen LogP) is 3.46. The number of hydrogen-bond donors (Lipinski definition) is 20. The molecule has 0 spiro atoms. The summed E-state index contributed by atoms with van der Waals surface area (Å²) < 4.78 is 52.8. The number of halogens is 1. The highest BCUT2D eigenvalue weighted by Crippen LogP contribution is 2.50. The normalized spacial score (nSPS) is 30.5. The standard InChI is InChI=1S/C83H109ClN10O26/c1-9-10-11-12-13-14-15-16-25-88-83(7)35-59(114-39(5)73(83)104)119-71-68(102)67(101)56(36-95)117-81(71)120-70-54-29-43-30-55(70)116-53-24-20-42(28-48(53)84)66(100)64(93-74(105)49(87-8)26-37(2)3)78(109)89-50(33-57(85)99)75(106)90-62(43)77(108)91-61-41-19-23-51(97)46(27-41)60-47(31-44(96)32-52(60)98)63(80(111)112)92-79(110)65(94-76(61)107)69(40-17-21-45(115-54)22-18-40)118-58-34-82(6,86)72(103)38(4)113-58/h17-24,27-32,37-39,49-50,56,58-59,61-69,71-73,81,87-88,95-98,100-104H,9-16,25-26,33-36,86H2,1-8H3,(H2,85,99)(H,89,109)(H,90,106)(H,91,108)(H,92,110)(H,93,105)(H,94,107)(H,111,112)/t38-,39-,49+,50-,56+,58-,59-,61+,62+,63-,64+,65-,66+,67+,68-,69+,71+,72-,73-,81?,82-,83-/m0/s1. The number of carbonyl (C=O) groups excluding carboxylic acids is 7. The maximum absolute atomic E-state index is 16.5. The van der Waals surface area contributed by atoms with E-state index < -0.39 is 250 Å². The van der Waals surface area contributed by atoms with Gasteiger partial charge in [-0.15, -0.1) is 0 Å². The number of carboxylic acids is 1. The molecule has 5 aromatic carbocycles. The van der Waals surface area contributed by atoms with Crippen molar-refractivity contribution >= 4 is 58.9 Å². The number of phenols is 3. The van der Waals surface area contributed by atoms with E-state index in [9.17, 15) is 65.4 Å². The van der Waals surface area contributed by atoms with Crippen LogP contribution in [0.15, 0.2) is 84.9 Å². The van der Waals surface area contributed by atoms with Gasteiger partial charge in [-0.25, -0.2) is 4.79 Å². The van der Waals surface area contributed by atoms with Crippen molar-refractivity contribution in [2.75, 3.05) is 20.2 Å². The van der Waals surface area contributed by atoms with Gasteiger partial charge in [-0.05, 0) is 137 Å².